The first kappa shape index (κ1) is 10.4. The fourth-order valence-corrected chi connectivity index (χ4v) is 2.06. The van der Waals surface area contributed by atoms with Gasteiger partial charge in [-0.3, -0.25) is 0 Å². The number of aromatic amines is 1. The molecule has 3 N–H and O–H groups in total. The normalized spacial score (nSPS) is 15.4. The second-order valence-electron chi connectivity index (χ2n) is 3.46. The minimum absolute atomic E-state index is 0.128. The summed E-state index contributed by atoms with van der Waals surface area (Å²) >= 11 is 1.64. The van der Waals surface area contributed by atoms with Gasteiger partial charge in [0.25, 0.3) is 0 Å². The molecule has 0 saturated carbocycles. The molecular formula is C9H13N5S. The molecule has 2 atom stereocenters. The zero-order valence-electron chi connectivity index (χ0n) is 8.64. The summed E-state index contributed by atoms with van der Waals surface area (Å²) in [6, 6.07) is 0.128. The van der Waals surface area contributed by atoms with Gasteiger partial charge in [-0.1, -0.05) is 18.7 Å². The van der Waals surface area contributed by atoms with Crippen molar-refractivity contribution in [2.24, 2.45) is 5.73 Å². The quantitative estimate of drug-likeness (QED) is 0.603. The highest BCUT2D eigenvalue weighted by molar-refractivity contribution is 8.00. The molecule has 2 rings (SSSR count). The number of H-pyrrole nitrogens is 1. The fourth-order valence-electron chi connectivity index (χ4n) is 1.12. The van der Waals surface area contributed by atoms with E-state index < -0.39 is 0 Å². The van der Waals surface area contributed by atoms with Crippen molar-refractivity contribution in [3.05, 3.63) is 12.7 Å². The molecule has 0 radical (unpaired) electrons. The Morgan fingerprint density at radius 1 is 1.33 bits per heavy atom. The highest BCUT2D eigenvalue weighted by atomic mass is 32.2. The molecule has 15 heavy (non-hydrogen) atoms. The van der Waals surface area contributed by atoms with Crippen molar-refractivity contribution >= 4 is 22.9 Å². The molecule has 2 unspecified atom stereocenters. The van der Waals surface area contributed by atoms with E-state index in [4.69, 9.17) is 5.73 Å². The molecule has 0 spiro atoms. The number of aromatic nitrogens is 4. The van der Waals surface area contributed by atoms with E-state index in [1.54, 1.807) is 18.1 Å². The highest BCUT2D eigenvalue weighted by Crippen LogP contribution is 2.26. The summed E-state index contributed by atoms with van der Waals surface area (Å²) in [6.07, 6.45) is 3.15. The topological polar surface area (TPSA) is 80.5 Å². The molecule has 0 bridgehead atoms. The first-order valence-corrected chi connectivity index (χ1v) is 5.62. The standard InChI is InChI=1S/C9H13N5S/c1-5(10)6(2)15-9-7-8(12-3-11-7)13-4-14-9/h3-6H,10H2,1-2H3,(H,11,12,13,14). The molecule has 0 aliphatic heterocycles. The van der Waals surface area contributed by atoms with Gasteiger partial charge in [-0.25, -0.2) is 15.0 Å². The van der Waals surface area contributed by atoms with Gasteiger partial charge in [-0.15, -0.1) is 0 Å². The Labute approximate surface area is 91.9 Å². The Kier molecular flexibility index (Phi) is 2.88. The monoisotopic (exact) mass is 223 g/mol. The molecule has 0 amide bonds. The Hall–Kier alpha value is -1.14. The lowest BCUT2D eigenvalue weighted by molar-refractivity contribution is 0.730. The Balaban J connectivity index is 2.31. The summed E-state index contributed by atoms with van der Waals surface area (Å²) < 4.78 is 0. The maximum Gasteiger partial charge on any atom is 0.181 e. The van der Waals surface area contributed by atoms with E-state index in [1.165, 1.54) is 6.33 Å². The summed E-state index contributed by atoms with van der Waals surface area (Å²) in [5.74, 6) is 0. The lowest BCUT2D eigenvalue weighted by Crippen LogP contribution is -2.26. The second kappa shape index (κ2) is 4.16. The molecule has 2 heterocycles. The number of hydrogen-bond donors (Lipinski definition) is 2. The largest absolute Gasteiger partial charge is 0.341 e. The summed E-state index contributed by atoms with van der Waals surface area (Å²) in [6.45, 7) is 4.07. The Bertz CT molecular complexity index is 452. The first-order chi connectivity index (χ1) is 7.18. The fraction of sp³-hybridized carbons (Fsp3) is 0.444. The van der Waals surface area contributed by atoms with Gasteiger partial charge >= 0.3 is 0 Å². The summed E-state index contributed by atoms with van der Waals surface area (Å²) in [5, 5.41) is 1.22. The minimum atomic E-state index is 0.128. The Morgan fingerprint density at radius 2 is 2.13 bits per heavy atom. The predicted molar refractivity (Wildman–Crippen MR) is 60.7 cm³/mol. The molecule has 0 aromatic carbocycles. The third kappa shape index (κ3) is 2.10. The summed E-state index contributed by atoms with van der Waals surface area (Å²) in [7, 11) is 0. The zero-order valence-corrected chi connectivity index (χ0v) is 9.45. The van der Waals surface area contributed by atoms with Crippen LogP contribution in [0.15, 0.2) is 17.7 Å². The lowest BCUT2D eigenvalue weighted by Gasteiger charge is -2.13. The number of nitrogens with one attached hydrogen (secondary N) is 1. The van der Waals surface area contributed by atoms with E-state index in [2.05, 4.69) is 26.9 Å². The molecular weight excluding hydrogens is 210 g/mol. The maximum atomic E-state index is 5.81. The van der Waals surface area contributed by atoms with E-state index in [0.29, 0.717) is 10.9 Å². The third-order valence-corrected chi connectivity index (χ3v) is 3.56. The van der Waals surface area contributed by atoms with E-state index in [9.17, 15) is 0 Å². The predicted octanol–water partition coefficient (Wildman–Crippen LogP) is 1.18. The number of thioether (sulfide) groups is 1. The van der Waals surface area contributed by atoms with Crippen LogP contribution in [0.4, 0.5) is 0 Å². The van der Waals surface area contributed by atoms with Crippen LogP contribution in [0.2, 0.25) is 0 Å². The van der Waals surface area contributed by atoms with E-state index in [0.717, 1.165) is 10.5 Å². The average Bonchev–Trinajstić information content (AvgIpc) is 2.66. The van der Waals surface area contributed by atoms with Gasteiger partial charge in [0.15, 0.2) is 5.65 Å². The number of fused-ring (bicyclic) bond motifs is 1. The van der Waals surface area contributed by atoms with Crippen molar-refractivity contribution in [1.82, 2.24) is 19.9 Å². The van der Waals surface area contributed by atoms with E-state index >= 15 is 0 Å². The van der Waals surface area contributed by atoms with Crippen molar-refractivity contribution < 1.29 is 0 Å². The molecule has 0 aliphatic rings. The number of nitrogens with two attached hydrogens (primary N) is 1. The van der Waals surface area contributed by atoms with Crippen LogP contribution in [0.3, 0.4) is 0 Å². The lowest BCUT2D eigenvalue weighted by atomic mass is 10.3. The van der Waals surface area contributed by atoms with Gasteiger partial charge in [0.1, 0.15) is 16.9 Å². The van der Waals surface area contributed by atoms with Crippen LogP contribution in [0.1, 0.15) is 13.8 Å². The number of hydrogen-bond acceptors (Lipinski definition) is 5. The van der Waals surface area contributed by atoms with Crippen molar-refractivity contribution in [2.45, 2.75) is 30.2 Å². The zero-order chi connectivity index (χ0) is 10.8. The van der Waals surface area contributed by atoms with Crippen molar-refractivity contribution in [3.8, 4) is 0 Å². The molecule has 6 heteroatoms. The molecule has 2 aromatic heterocycles. The van der Waals surface area contributed by atoms with Gasteiger partial charge in [-0.05, 0) is 6.92 Å². The third-order valence-electron chi connectivity index (χ3n) is 2.23. The maximum absolute atomic E-state index is 5.81. The summed E-state index contributed by atoms with van der Waals surface area (Å²) in [4.78, 5) is 15.4. The number of rotatable bonds is 3. The van der Waals surface area contributed by atoms with Crippen LogP contribution in [0, 0.1) is 0 Å². The van der Waals surface area contributed by atoms with Crippen LogP contribution < -0.4 is 5.73 Å². The minimum Gasteiger partial charge on any atom is -0.341 e. The van der Waals surface area contributed by atoms with Crippen molar-refractivity contribution in [1.29, 1.82) is 0 Å². The molecule has 2 aromatic rings. The molecule has 0 fully saturated rings. The van der Waals surface area contributed by atoms with Crippen molar-refractivity contribution in [2.75, 3.05) is 0 Å². The smallest absolute Gasteiger partial charge is 0.181 e. The van der Waals surface area contributed by atoms with Gasteiger partial charge in [-0.2, -0.15) is 0 Å². The molecule has 80 valence electrons. The van der Waals surface area contributed by atoms with Crippen LogP contribution in [0.5, 0.6) is 0 Å². The molecule has 0 saturated heterocycles. The number of nitrogens with zero attached hydrogens (tertiary/aromatic N) is 3. The van der Waals surface area contributed by atoms with Gasteiger partial charge in [0.05, 0.1) is 6.33 Å². The summed E-state index contributed by atoms with van der Waals surface area (Å²) in [5.41, 5.74) is 7.40. The van der Waals surface area contributed by atoms with Crippen LogP contribution in [0.25, 0.3) is 11.2 Å². The average molecular weight is 223 g/mol. The van der Waals surface area contributed by atoms with Crippen LogP contribution in [-0.2, 0) is 0 Å². The van der Waals surface area contributed by atoms with Crippen LogP contribution >= 0.6 is 11.8 Å². The van der Waals surface area contributed by atoms with Gasteiger partial charge in [0.2, 0.25) is 0 Å². The second-order valence-corrected chi connectivity index (χ2v) is 4.83. The first-order valence-electron chi connectivity index (χ1n) is 4.75. The van der Waals surface area contributed by atoms with E-state index in [1.807, 2.05) is 6.92 Å². The van der Waals surface area contributed by atoms with E-state index in [-0.39, 0.29) is 6.04 Å². The van der Waals surface area contributed by atoms with Crippen LogP contribution in [-0.4, -0.2) is 31.2 Å². The Morgan fingerprint density at radius 3 is 2.87 bits per heavy atom. The van der Waals surface area contributed by atoms with Gasteiger partial charge < -0.3 is 10.7 Å². The highest BCUT2D eigenvalue weighted by Gasteiger charge is 2.13. The SMILES string of the molecule is CC(N)C(C)Sc1ncnc2nc[nH]c12. The van der Waals surface area contributed by atoms with Crippen molar-refractivity contribution in [3.63, 3.8) is 0 Å². The molecule has 0 aliphatic carbocycles. The number of imidazole rings is 1. The molecule has 5 nitrogen and oxygen atoms in total. The van der Waals surface area contributed by atoms with Gasteiger partial charge in [0, 0.05) is 11.3 Å².